The summed E-state index contributed by atoms with van der Waals surface area (Å²) in [5.41, 5.74) is 1.73. The molecule has 1 amide bonds. The van der Waals surface area contributed by atoms with Crippen LogP contribution in [0.15, 0.2) is 54.7 Å². The van der Waals surface area contributed by atoms with Gasteiger partial charge in [0.2, 0.25) is 0 Å². The van der Waals surface area contributed by atoms with Gasteiger partial charge in [-0.1, -0.05) is 0 Å². The van der Waals surface area contributed by atoms with Crippen LogP contribution in [0.2, 0.25) is 0 Å². The number of anilines is 2. The summed E-state index contributed by atoms with van der Waals surface area (Å²) >= 11 is 1.46. The third-order valence-corrected chi connectivity index (χ3v) is 6.09. The summed E-state index contributed by atoms with van der Waals surface area (Å²) in [7, 11) is 1.64. The molecule has 0 bridgehead atoms. The Morgan fingerprint density at radius 2 is 1.83 bits per heavy atom. The van der Waals surface area contributed by atoms with Crippen molar-refractivity contribution < 1.29 is 14.3 Å². The number of aromatic nitrogens is 1. The van der Waals surface area contributed by atoms with Gasteiger partial charge < -0.3 is 19.7 Å². The first-order valence-corrected chi connectivity index (χ1v) is 10.8. The normalized spacial score (nSPS) is 18.8. The molecule has 0 unspecified atom stereocenters. The zero-order valence-electron chi connectivity index (χ0n) is 17.3. The number of methoxy groups -OCH3 is 1. The molecule has 0 spiro atoms. The fourth-order valence-corrected chi connectivity index (χ4v) is 4.48. The van der Waals surface area contributed by atoms with Crippen molar-refractivity contribution in [1.82, 2.24) is 4.98 Å². The molecule has 3 heterocycles. The predicted molar refractivity (Wildman–Crippen MR) is 121 cm³/mol. The molecule has 1 aromatic carbocycles. The molecule has 6 nitrogen and oxygen atoms in total. The maximum absolute atomic E-state index is 12.7. The minimum Gasteiger partial charge on any atom is -0.497 e. The Morgan fingerprint density at radius 3 is 2.47 bits per heavy atom. The molecule has 7 heteroatoms. The summed E-state index contributed by atoms with van der Waals surface area (Å²) in [4.78, 5) is 21.1. The molecule has 0 aliphatic carbocycles. The van der Waals surface area contributed by atoms with Gasteiger partial charge in [-0.2, -0.15) is 0 Å². The quantitative estimate of drug-likeness (QED) is 0.645. The number of ether oxygens (including phenoxy) is 2. The van der Waals surface area contributed by atoms with Crippen LogP contribution in [0.4, 0.5) is 11.5 Å². The van der Waals surface area contributed by atoms with Crippen molar-refractivity contribution in [3.8, 4) is 16.2 Å². The SMILES string of the molecule is COc1ccc(-c2ccc(C(=O)Nc3ccc(N4C[C@@H](C)O[C@@H](C)C4)nc3)s2)cc1. The minimum absolute atomic E-state index is 0.136. The summed E-state index contributed by atoms with van der Waals surface area (Å²) in [5, 5.41) is 2.93. The van der Waals surface area contributed by atoms with E-state index < -0.39 is 0 Å². The smallest absolute Gasteiger partial charge is 0.265 e. The number of carbonyl (C=O) groups is 1. The Hall–Kier alpha value is -2.90. The number of morpholine rings is 1. The molecule has 156 valence electrons. The van der Waals surface area contributed by atoms with Gasteiger partial charge >= 0.3 is 0 Å². The molecule has 1 fully saturated rings. The second-order valence-corrected chi connectivity index (χ2v) is 8.50. The minimum atomic E-state index is -0.136. The molecule has 3 aromatic rings. The number of carbonyl (C=O) groups excluding carboxylic acids is 1. The van der Waals surface area contributed by atoms with E-state index in [0.29, 0.717) is 10.6 Å². The largest absolute Gasteiger partial charge is 0.497 e. The van der Waals surface area contributed by atoms with E-state index in [0.717, 1.165) is 35.1 Å². The van der Waals surface area contributed by atoms with Gasteiger partial charge in [-0.05, 0) is 67.9 Å². The number of rotatable bonds is 5. The summed E-state index contributed by atoms with van der Waals surface area (Å²) in [6, 6.07) is 15.4. The van der Waals surface area contributed by atoms with E-state index in [4.69, 9.17) is 9.47 Å². The van der Waals surface area contributed by atoms with Crippen LogP contribution < -0.4 is 15.0 Å². The molecule has 0 radical (unpaired) electrons. The third-order valence-electron chi connectivity index (χ3n) is 4.95. The van der Waals surface area contributed by atoms with Crippen molar-refractivity contribution in [2.45, 2.75) is 26.1 Å². The lowest BCUT2D eigenvalue weighted by molar-refractivity contribution is -0.00545. The second-order valence-electron chi connectivity index (χ2n) is 7.41. The van der Waals surface area contributed by atoms with Gasteiger partial charge in [0.25, 0.3) is 5.91 Å². The number of hydrogen-bond donors (Lipinski definition) is 1. The Morgan fingerprint density at radius 1 is 1.10 bits per heavy atom. The van der Waals surface area contributed by atoms with E-state index in [1.807, 2.05) is 48.5 Å². The zero-order chi connectivity index (χ0) is 21.1. The van der Waals surface area contributed by atoms with Crippen molar-refractivity contribution >= 4 is 28.7 Å². The Bertz CT molecular complexity index is 991. The number of pyridine rings is 1. The van der Waals surface area contributed by atoms with E-state index in [2.05, 4.69) is 29.0 Å². The summed E-state index contributed by atoms with van der Waals surface area (Å²) < 4.78 is 11.0. The summed E-state index contributed by atoms with van der Waals surface area (Å²) in [6.45, 7) is 5.76. The van der Waals surface area contributed by atoms with Crippen molar-refractivity contribution in [1.29, 1.82) is 0 Å². The van der Waals surface area contributed by atoms with Crippen LogP contribution in [-0.2, 0) is 4.74 Å². The van der Waals surface area contributed by atoms with E-state index in [1.54, 1.807) is 13.3 Å². The maximum Gasteiger partial charge on any atom is 0.265 e. The van der Waals surface area contributed by atoms with Gasteiger partial charge in [0.15, 0.2) is 0 Å². The molecule has 1 aliphatic rings. The highest BCUT2D eigenvalue weighted by Crippen LogP contribution is 2.30. The van der Waals surface area contributed by atoms with Gasteiger partial charge in [-0.25, -0.2) is 4.98 Å². The molecule has 1 aliphatic heterocycles. The van der Waals surface area contributed by atoms with Gasteiger partial charge in [-0.15, -0.1) is 11.3 Å². The Kier molecular flexibility index (Phi) is 6.01. The molecule has 0 saturated carbocycles. The number of amides is 1. The van der Waals surface area contributed by atoms with Crippen molar-refractivity contribution in [2.75, 3.05) is 30.4 Å². The maximum atomic E-state index is 12.7. The average Bonchev–Trinajstić information content (AvgIpc) is 3.24. The molecule has 1 saturated heterocycles. The lowest BCUT2D eigenvalue weighted by Gasteiger charge is -2.36. The zero-order valence-corrected chi connectivity index (χ0v) is 18.1. The summed E-state index contributed by atoms with van der Waals surface area (Å²) in [5.74, 6) is 1.57. The van der Waals surface area contributed by atoms with Crippen LogP contribution in [0.25, 0.3) is 10.4 Å². The molecule has 2 atom stereocenters. The molecular formula is C23H25N3O3S. The van der Waals surface area contributed by atoms with Crippen LogP contribution in [0.1, 0.15) is 23.5 Å². The molecule has 2 aromatic heterocycles. The molecular weight excluding hydrogens is 398 g/mol. The van der Waals surface area contributed by atoms with Gasteiger partial charge in [0.1, 0.15) is 11.6 Å². The number of nitrogens with one attached hydrogen (secondary N) is 1. The lowest BCUT2D eigenvalue weighted by Crippen LogP contribution is -2.45. The Labute approximate surface area is 180 Å². The highest BCUT2D eigenvalue weighted by atomic mass is 32.1. The van der Waals surface area contributed by atoms with Crippen LogP contribution in [0.3, 0.4) is 0 Å². The predicted octanol–water partition coefficient (Wildman–Crippen LogP) is 4.68. The third kappa shape index (κ3) is 4.63. The number of nitrogens with zero attached hydrogens (tertiary/aromatic N) is 2. The molecule has 4 rings (SSSR count). The summed E-state index contributed by atoms with van der Waals surface area (Å²) in [6.07, 6.45) is 2.05. The van der Waals surface area contributed by atoms with E-state index in [9.17, 15) is 4.79 Å². The Balaban J connectivity index is 1.41. The van der Waals surface area contributed by atoms with Crippen LogP contribution in [0, 0.1) is 0 Å². The molecule has 30 heavy (non-hydrogen) atoms. The first kappa shape index (κ1) is 20.4. The van der Waals surface area contributed by atoms with Crippen LogP contribution >= 0.6 is 11.3 Å². The number of hydrogen-bond acceptors (Lipinski definition) is 6. The number of thiophene rings is 1. The van der Waals surface area contributed by atoms with Gasteiger partial charge in [0.05, 0.1) is 36.1 Å². The van der Waals surface area contributed by atoms with Crippen molar-refractivity contribution in [2.24, 2.45) is 0 Å². The van der Waals surface area contributed by atoms with Crippen LogP contribution in [0.5, 0.6) is 5.75 Å². The first-order chi connectivity index (χ1) is 14.5. The first-order valence-electron chi connectivity index (χ1n) is 9.94. The van der Waals surface area contributed by atoms with E-state index >= 15 is 0 Å². The second kappa shape index (κ2) is 8.85. The lowest BCUT2D eigenvalue weighted by atomic mass is 10.2. The fraction of sp³-hybridized carbons (Fsp3) is 0.304. The molecule has 1 N–H and O–H groups in total. The fourth-order valence-electron chi connectivity index (χ4n) is 3.58. The highest BCUT2D eigenvalue weighted by molar-refractivity contribution is 7.17. The van der Waals surface area contributed by atoms with Gasteiger partial charge in [0, 0.05) is 18.0 Å². The standard InChI is InChI=1S/C23H25N3O3S/c1-15-13-26(14-16(2)29-15)22-11-6-18(12-24-22)25-23(27)21-10-9-20(30-21)17-4-7-19(28-3)8-5-17/h4-12,15-16H,13-14H2,1-3H3,(H,25,27)/t15-,16+. The van der Waals surface area contributed by atoms with E-state index in [-0.39, 0.29) is 18.1 Å². The average molecular weight is 424 g/mol. The van der Waals surface area contributed by atoms with E-state index in [1.165, 1.54) is 11.3 Å². The highest BCUT2D eigenvalue weighted by Gasteiger charge is 2.23. The van der Waals surface area contributed by atoms with Gasteiger partial charge in [-0.3, -0.25) is 4.79 Å². The van der Waals surface area contributed by atoms with Crippen molar-refractivity contribution in [3.63, 3.8) is 0 Å². The monoisotopic (exact) mass is 423 g/mol. The van der Waals surface area contributed by atoms with Crippen LogP contribution in [-0.4, -0.2) is 43.3 Å². The topological polar surface area (TPSA) is 63.7 Å². The van der Waals surface area contributed by atoms with Crippen molar-refractivity contribution in [3.05, 3.63) is 59.6 Å². The number of benzene rings is 1.